The van der Waals surface area contributed by atoms with Crippen LogP contribution in [0.2, 0.25) is 0 Å². The van der Waals surface area contributed by atoms with Gasteiger partial charge in [0.05, 0.1) is 6.07 Å². The Morgan fingerprint density at radius 3 is 3.00 bits per heavy atom. The van der Waals surface area contributed by atoms with E-state index >= 15 is 0 Å². The molecule has 2 heterocycles. The van der Waals surface area contributed by atoms with Gasteiger partial charge in [-0.15, -0.1) is 12.4 Å². The third kappa shape index (κ3) is 2.53. The molecule has 1 N–H and O–H groups in total. The number of fused-ring (bicyclic) bond motifs is 2. The Bertz CT molecular complexity index is 775. The van der Waals surface area contributed by atoms with Crippen molar-refractivity contribution in [1.82, 2.24) is 9.88 Å². The van der Waals surface area contributed by atoms with Gasteiger partial charge in [-0.3, -0.25) is 0 Å². The van der Waals surface area contributed by atoms with E-state index in [0.29, 0.717) is 18.4 Å². The van der Waals surface area contributed by atoms with Crippen LogP contribution in [0.25, 0.3) is 10.9 Å². The van der Waals surface area contributed by atoms with Gasteiger partial charge in [0.15, 0.2) is 0 Å². The lowest BCUT2D eigenvalue weighted by atomic mass is 9.64. The number of H-pyrrole nitrogens is 1. The van der Waals surface area contributed by atoms with Gasteiger partial charge in [-0.2, -0.15) is 5.26 Å². The molecule has 0 saturated carbocycles. The van der Waals surface area contributed by atoms with Gasteiger partial charge in [-0.25, -0.2) is 0 Å². The lowest BCUT2D eigenvalue weighted by Gasteiger charge is -2.51. The number of nitrogens with zero attached hydrogens (tertiary/aromatic N) is 2. The van der Waals surface area contributed by atoms with Crippen LogP contribution in [0.15, 0.2) is 24.4 Å². The van der Waals surface area contributed by atoms with Crippen LogP contribution in [0.1, 0.15) is 49.7 Å². The summed E-state index contributed by atoms with van der Waals surface area (Å²) in [5, 5.41) is 10.8. The highest BCUT2D eigenvalue weighted by Gasteiger charge is 2.45. The van der Waals surface area contributed by atoms with Crippen LogP contribution in [0.5, 0.6) is 0 Å². The molecular formula is C20H26ClN3. The van der Waals surface area contributed by atoms with E-state index in [0.717, 1.165) is 32.2 Å². The number of benzene rings is 1. The van der Waals surface area contributed by atoms with Crippen molar-refractivity contribution < 1.29 is 0 Å². The minimum Gasteiger partial charge on any atom is -0.361 e. The summed E-state index contributed by atoms with van der Waals surface area (Å²) in [5.74, 6) is 0.556. The highest BCUT2D eigenvalue weighted by Crippen LogP contribution is 2.50. The average Bonchev–Trinajstić information content (AvgIpc) is 2.94. The fourth-order valence-electron chi connectivity index (χ4n) is 5.31. The topological polar surface area (TPSA) is 42.8 Å². The SMILES string of the molecule is CCC[C@]1(CC#N)C[C@@H]2c3cccc4[nH]cc(c34)C[C@H]2N(C)C1.Cl. The molecule has 3 nitrogen and oxygen atoms in total. The largest absolute Gasteiger partial charge is 0.361 e. The number of hydrogen-bond acceptors (Lipinski definition) is 2. The second kappa shape index (κ2) is 6.43. The summed E-state index contributed by atoms with van der Waals surface area (Å²) < 4.78 is 0. The van der Waals surface area contributed by atoms with Crippen molar-refractivity contribution in [3.05, 3.63) is 35.5 Å². The predicted octanol–water partition coefficient (Wildman–Crippen LogP) is 4.63. The fourth-order valence-corrected chi connectivity index (χ4v) is 5.31. The van der Waals surface area contributed by atoms with Crippen molar-refractivity contribution in [2.45, 2.75) is 51.0 Å². The number of nitrogens with one attached hydrogen (secondary N) is 1. The Morgan fingerprint density at radius 2 is 2.25 bits per heavy atom. The summed E-state index contributed by atoms with van der Waals surface area (Å²) in [5.41, 5.74) is 4.40. The Kier molecular flexibility index (Phi) is 4.64. The lowest BCUT2D eigenvalue weighted by Crippen LogP contribution is -2.52. The number of likely N-dealkylation sites (tertiary alicyclic amines) is 1. The number of rotatable bonds is 3. The number of aromatic amines is 1. The Hall–Kier alpha value is -1.50. The smallest absolute Gasteiger partial charge is 0.0628 e. The van der Waals surface area contributed by atoms with Gasteiger partial charge in [-0.05, 0) is 48.9 Å². The maximum Gasteiger partial charge on any atom is 0.0628 e. The van der Waals surface area contributed by atoms with Gasteiger partial charge in [-0.1, -0.05) is 25.5 Å². The van der Waals surface area contributed by atoms with Crippen LogP contribution < -0.4 is 0 Å². The zero-order valence-corrected chi connectivity index (χ0v) is 15.3. The van der Waals surface area contributed by atoms with E-state index in [1.54, 1.807) is 0 Å². The number of halogens is 1. The van der Waals surface area contributed by atoms with Crippen LogP contribution in [-0.4, -0.2) is 29.5 Å². The second-order valence-electron chi connectivity index (χ2n) is 7.67. The molecule has 1 aromatic heterocycles. The molecular weight excluding hydrogens is 318 g/mol. The van der Waals surface area contributed by atoms with E-state index in [1.165, 1.54) is 22.0 Å². The summed E-state index contributed by atoms with van der Waals surface area (Å²) in [6.45, 7) is 3.31. The lowest BCUT2D eigenvalue weighted by molar-refractivity contribution is 0.0375. The molecule has 0 amide bonds. The molecule has 0 radical (unpaired) electrons. The molecule has 128 valence electrons. The van der Waals surface area contributed by atoms with Crippen molar-refractivity contribution in [3.63, 3.8) is 0 Å². The Morgan fingerprint density at radius 1 is 1.42 bits per heavy atom. The van der Waals surface area contributed by atoms with Crippen molar-refractivity contribution in [3.8, 4) is 6.07 Å². The molecule has 1 aromatic carbocycles. The molecule has 2 aliphatic rings. The molecule has 1 saturated heterocycles. The summed E-state index contributed by atoms with van der Waals surface area (Å²) in [4.78, 5) is 5.98. The molecule has 2 aromatic rings. The van der Waals surface area contributed by atoms with E-state index in [-0.39, 0.29) is 17.8 Å². The molecule has 1 aliphatic heterocycles. The second-order valence-corrected chi connectivity index (χ2v) is 7.67. The molecule has 24 heavy (non-hydrogen) atoms. The standard InChI is InChI=1S/C20H25N3.ClH/c1-3-7-20(8-9-21)11-16-15-5-4-6-17-19(15)14(12-22-17)10-18(16)23(2)13-20;/h4-6,12,16,18,22H,3,7-8,10-11,13H2,1-2H3;1H/t16-,18-,20+;/m1./s1. The summed E-state index contributed by atoms with van der Waals surface area (Å²) in [7, 11) is 2.26. The van der Waals surface area contributed by atoms with Crippen LogP contribution in [-0.2, 0) is 6.42 Å². The van der Waals surface area contributed by atoms with E-state index in [4.69, 9.17) is 0 Å². The molecule has 4 heteroatoms. The first kappa shape index (κ1) is 17.3. The number of aromatic nitrogens is 1. The van der Waals surface area contributed by atoms with Crippen LogP contribution >= 0.6 is 12.4 Å². The summed E-state index contributed by atoms with van der Waals surface area (Å²) in [6, 6.07) is 9.75. The zero-order chi connectivity index (χ0) is 16.0. The molecule has 0 unspecified atom stereocenters. The van der Waals surface area contributed by atoms with Gasteiger partial charge in [0.1, 0.15) is 0 Å². The van der Waals surface area contributed by atoms with Crippen molar-refractivity contribution in [2.75, 3.05) is 13.6 Å². The molecule has 0 bridgehead atoms. The van der Waals surface area contributed by atoms with Gasteiger partial charge in [0.2, 0.25) is 0 Å². The predicted molar refractivity (Wildman–Crippen MR) is 101 cm³/mol. The highest BCUT2D eigenvalue weighted by molar-refractivity contribution is 5.88. The quantitative estimate of drug-likeness (QED) is 0.882. The molecule has 1 fully saturated rings. The van der Waals surface area contributed by atoms with E-state index in [1.807, 2.05) is 0 Å². The Labute approximate surface area is 150 Å². The van der Waals surface area contributed by atoms with Gasteiger partial charge >= 0.3 is 0 Å². The highest BCUT2D eigenvalue weighted by atomic mass is 35.5. The number of piperidine rings is 1. The van der Waals surface area contributed by atoms with E-state index < -0.39 is 0 Å². The number of hydrogen-bond donors (Lipinski definition) is 1. The molecule has 1 aliphatic carbocycles. The van der Waals surface area contributed by atoms with Crippen LogP contribution in [0.3, 0.4) is 0 Å². The van der Waals surface area contributed by atoms with Gasteiger partial charge < -0.3 is 9.88 Å². The average molecular weight is 344 g/mol. The van der Waals surface area contributed by atoms with Crippen molar-refractivity contribution in [2.24, 2.45) is 5.41 Å². The first-order chi connectivity index (χ1) is 11.2. The van der Waals surface area contributed by atoms with Gasteiger partial charge in [0, 0.05) is 42.0 Å². The van der Waals surface area contributed by atoms with Gasteiger partial charge in [0.25, 0.3) is 0 Å². The van der Waals surface area contributed by atoms with Crippen LogP contribution in [0.4, 0.5) is 0 Å². The summed E-state index contributed by atoms with van der Waals surface area (Å²) >= 11 is 0. The van der Waals surface area contributed by atoms with Crippen LogP contribution in [0, 0.1) is 16.7 Å². The first-order valence-electron chi connectivity index (χ1n) is 8.83. The Balaban J connectivity index is 0.00000169. The van der Waals surface area contributed by atoms with E-state index in [9.17, 15) is 5.26 Å². The minimum atomic E-state index is 0. The third-order valence-electron chi connectivity index (χ3n) is 6.15. The molecule has 3 atom stereocenters. The maximum absolute atomic E-state index is 9.40. The van der Waals surface area contributed by atoms with Crippen molar-refractivity contribution >= 4 is 23.3 Å². The fraction of sp³-hybridized carbons (Fsp3) is 0.550. The molecule has 4 rings (SSSR count). The van der Waals surface area contributed by atoms with E-state index in [2.05, 4.69) is 54.3 Å². The first-order valence-corrected chi connectivity index (χ1v) is 8.83. The summed E-state index contributed by atoms with van der Waals surface area (Å²) in [6.07, 6.45) is 7.49. The number of likely N-dealkylation sites (N-methyl/N-ethyl adjacent to an activating group) is 1. The zero-order valence-electron chi connectivity index (χ0n) is 14.5. The van der Waals surface area contributed by atoms with Crippen molar-refractivity contribution in [1.29, 1.82) is 5.26 Å². The number of nitriles is 1. The monoisotopic (exact) mass is 343 g/mol. The minimum absolute atomic E-state index is 0. The normalized spacial score (nSPS) is 28.9. The molecule has 0 spiro atoms. The maximum atomic E-state index is 9.40. The third-order valence-corrected chi connectivity index (χ3v) is 6.15.